The maximum Gasteiger partial charge on any atom is 0.141 e. The molecule has 2 rings (SSSR count). The molecule has 0 aliphatic heterocycles. The first-order chi connectivity index (χ1) is 8.16. The molecular formula is C12H9Cl2FN2. The average molecular weight is 271 g/mol. The summed E-state index contributed by atoms with van der Waals surface area (Å²) in [6.45, 7) is 0.531. The Morgan fingerprint density at radius 3 is 2.71 bits per heavy atom. The quantitative estimate of drug-likeness (QED) is 0.907. The van der Waals surface area contributed by atoms with Crippen LogP contribution < -0.4 is 5.32 Å². The summed E-state index contributed by atoms with van der Waals surface area (Å²) in [7, 11) is 0. The minimum Gasteiger partial charge on any atom is -0.381 e. The molecule has 2 aromatic rings. The summed E-state index contributed by atoms with van der Waals surface area (Å²) in [6, 6.07) is 6.29. The van der Waals surface area contributed by atoms with Gasteiger partial charge in [-0.25, -0.2) is 4.39 Å². The van der Waals surface area contributed by atoms with Crippen molar-refractivity contribution in [1.82, 2.24) is 4.98 Å². The molecule has 0 amide bonds. The van der Waals surface area contributed by atoms with E-state index in [1.807, 2.05) is 6.07 Å². The Morgan fingerprint density at radius 2 is 2.00 bits per heavy atom. The number of rotatable bonds is 3. The van der Waals surface area contributed by atoms with Gasteiger partial charge in [-0.2, -0.15) is 0 Å². The highest BCUT2D eigenvalue weighted by atomic mass is 35.5. The van der Waals surface area contributed by atoms with Crippen molar-refractivity contribution in [2.45, 2.75) is 6.54 Å². The molecule has 1 heterocycles. The third-order valence-electron chi connectivity index (χ3n) is 2.26. The minimum absolute atomic E-state index is 0.0934. The molecule has 0 saturated carbocycles. The molecule has 0 aliphatic rings. The molecule has 88 valence electrons. The van der Waals surface area contributed by atoms with Crippen LogP contribution in [0.1, 0.15) is 5.56 Å². The SMILES string of the molecule is Fc1ccc(NCc2ccncc2Cl)cc1Cl. The zero-order chi connectivity index (χ0) is 12.3. The van der Waals surface area contributed by atoms with E-state index in [-0.39, 0.29) is 5.02 Å². The fourth-order valence-electron chi connectivity index (χ4n) is 1.35. The van der Waals surface area contributed by atoms with Gasteiger partial charge in [-0.3, -0.25) is 4.98 Å². The number of anilines is 1. The lowest BCUT2D eigenvalue weighted by atomic mass is 10.2. The Bertz CT molecular complexity index is 532. The van der Waals surface area contributed by atoms with Crippen molar-refractivity contribution < 1.29 is 4.39 Å². The van der Waals surface area contributed by atoms with E-state index in [1.165, 1.54) is 12.1 Å². The van der Waals surface area contributed by atoms with Crippen LogP contribution in [-0.4, -0.2) is 4.98 Å². The van der Waals surface area contributed by atoms with Crippen molar-refractivity contribution >= 4 is 28.9 Å². The first kappa shape index (κ1) is 12.1. The first-order valence-electron chi connectivity index (χ1n) is 4.94. The molecule has 0 bridgehead atoms. The summed E-state index contributed by atoms with van der Waals surface area (Å²) in [5, 5.41) is 3.79. The van der Waals surface area contributed by atoms with Crippen LogP contribution in [0.15, 0.2) is 36.7 Å². The number of pyridine rings is 1. The fraction of sp³-hybridized carbons (Fsp3) is 0.0833. The normalized spacial score (nSPS) is 10.3. The van der Waals surface area contributed by atoms with Crippen molar-refractivity contribution in [3.63, 3.8) is 0 Å². The summed E-state index contributed by atoms with van der Waals surface area (Å²) in [6.07, 6.45) is 3.25. The van der Waals surface area contributed by atoms with Crippen molar-refractivity contribution in [2.75, 3.05) is 5.32 Å². The molecule has 0 aliphatic carbocycles. The Morgan fingerprint density at radius 1 is 1.18 bits per heavy atom. The van der Waals surface area contributed by atoms with Crippen LogP contribution in [0.25, 0.3) is 0 Å². The Kier molecular flexibility index (Phi) is 3.82. The molecule has 1 N–H and O–H groups in total. The molecule has 0 saturated heterocycles. The number of nitrogens with zero attached hydrogens (tertiary/aromatic N) is 1. The largest absolute Gasteiger partial charge is 0.381 e. The van der Waals surface area contributed by atoms with Gasteiger partial charge in [0.05, 0.1) is 10.0 Å². The number of nitrogens with one attached hydrogen (secondary N) is 1. The van der Waals surface area contributed by atoms with Crippen molar-refractivity contribution in [2.24, 2.45) is 0 Å². The van der Waals surface area contributed by atoms with Crippen LogP contribution >= 0.6 is 23.2 Å². The average Bonchev–Trinajstić information content (AvgIpc) is 2.32. The predicted molar refractivity (Wildman–Crippen MR) is 68.0 cm³/mol. The van der Waals surface area contributed by atoms with Gasteiger partial charge in [0.15, 0.2) is 0 Å². The van der Waals surface area contributed by atoms with Gasteiger partial charge in [0.1, 0.15) is 5.82 Å². The van der Waals surface area contributed by atoms with E-state index < -0.39 is 5.82 Å². The highest BCUT2D eigenvalue weighted by molar-refractivity contribution is 6.31. The van der Waals surface area contributed by atoms with Crippen LogP contribution in [0.3, 0.4) is 0 Å². The first-order valence-corrected chi connectivity index (χ1v) is 5.70. The number of halogens is 3. The van der Waals surface area contributed by atoms with Crippen LogP contribution in [0.4, 0.5) is 10.1 Å². The van der Waals surface area contributed by atoms with E-state index in [0.717, 1.165) is 11.3 Å². The summed E-state index contributed by atoms with van der Waals surface area (Å²) in [4.78, 5) is 3.90. The second-order valence-electron chi connectivity index (χ2n) is 3.45. The van der Waals surface area contributed by atoms with E-state index in [1.54, 1.807) is 18.5 Å². The van der Waals surface area contributed by atoms with E-state index >= 15 is 0 Å². The molecule has 0 spiro atoms. The third-order valence-corrected chi connectivity index (χ3v) is 2.89. The molecule has 0 unspecified atom stereocenters. The predicted octanol–water partition coefficient (Wildman–Crippen LogP) is 4.14. The Balaban J connectivity index is 2.08. The van der Waals surface area contributed by atoms with E-state index in [2.05, 4.69) is 10.3 Å². The van der Waals surface area contributed by atoms with Gasteiger partial charge in [-0.15, -0.1) is 0 Å². The topological polar surface area (TPSA) is 24.9 Å². The monoisotopic (exact) mass is 270 g/mol. The Labute approximate surface area is 108 Å². The maximum absolute atomic E-state index is 12.9. The van der Waals surface area contributed by atoms with Gasteiger partial charge in [-0.05, 0) is 29.8 Å². The smallest absolute Gasteiger partial charge is 0.141 e. The van der Waals surface area contributed by atoms with E-state index in [4.69, 9.17) is 23.2 Å². The number of aromatic nitrogens is 1. The van der Waals surface area contributed by atoms with E-state index in [9.17, 15) is 4.39 Å². The maximum atomic E-state index is 12.9. The molecule has 1 aromatic carbocycles. The summed E-state index contributed by atoms with van der Waals surface area (Å²) in [5.41, 5.74) is 1.66. The number of benzene rings is 1. The van der Waals surface area contributed by atoms with Gasteiger partial charge in [-0.1, -0.05) is 23.2 Å². The van der Waals surface area contributed by atoms with E-state index in [0.29, 0.717) is 11.6 Å². The molecule has 2 nitrogen and oxygen atoms in total. The van der Waals surface area contributed by atoms with Crippen LogP contribution in [0, 0.1) is 5.82 Å². The number of hydrogen-bond donors (Lipinski definition) is 1. The molecule has 1 aromatic heterocycles. The van der Waals surface area contributed by atoms with Gasteiger partial charge in [0.2, 0.25) is 0 Å². The lowest BCUT2D eigenvalue weighted by Crippen LogP contribution is -2.00. The fourth-order valence-corrected chi connectivity index (χ4v) is 1.72. The lowest BCUT2D eigenvalue weighted by Gasteiger charge is -2.08. The second-order valence-corrected chi connectivity index (χ2v) is 4.26. The van der Waals surface area contributed by atoms with Gasteiger partial charge >= 0.3 is 0 Å². The molecule has 17 heavy (non-hydrogen) atoms. The molecule has 0 fully saturated rings. The Hall–Kier alpha value is -1.32. The molecule has 0 radical (unpaired) electrons. The minimum atomic E-state index is -0.431. The van der Waals surface area contributed by atoms with Gasteiger partial charge in [0.25, 0.3) is 0 Å². The van der Waals surface area contributed by atoms with Crippen LogP contribution in [0.2, 0.25) is 10.0 Å². The summed E-state index contributed by atoms with van der Waals surface area (Å²) < 4.78 is 12.9. The van der Waals surface area contributed by atoms with Crippen molar-refractivity contribution in [1.29, 1.82) is 0 Å². The standard InChI is InChI=1S/C12H9Cl2FN2/c13-10-5-9(1-2-12(10)15)17-6-8-3-4-16-7-11(8)14/h1-5,7,17H,6H2. The van der Waals surface area contributed by atoms with Gasteiger partial charge < -0.3 is 5.32 Å². The highest BCUT2D eigenvalue weighted by Gasteiger charge is 2.02. The van der Waals surface area contributed by atoms with Crippen LogP contribution in [-0.2, 0) is 6.54 Å². The summed E-state index contributed by atoms with van der Waals surface area (Å²) >= 11 is 11.6. The molecule has 0 atom stereocenters. The lowest BCUT2D eigenvalue weighted by molar-refractivity contribution is 0.628. The van der Waals surface area contributed by atoms with Crippen molar-refractivity contribution in [3.8, 4) is 0 Å². The zero-order valence-electron chi connectivity index (χ0n) is 8.75. The zero-order valence-corrected chi connectivity index (χ0v) is 10.3. The molecular weight excluding hydrogens is 262 g/mol. The molecule has 5 heteroatoms. The van der Waals surface area contributed by atoms with Crippen molar-refractivity contribution in [3.05, 3.63) is 58.1 Å². The number of hydrogen-bond acceptors (Lipinski definition) is 2. The van der Waals surface area contributed by atoms with Crippen LogP contribution in [0.5, 0.6) is 0 Å². The summed E-state index contributed by atoms with van der Waals surface area (Å²) in [5.74, 6) is -0.431. The van der Waals surface area contributed by atoms with Gasteiger partial charge in [0, 0.05) is 24.6 Å². The highest BCUT2D eigenvalue weighted by Crippen LogP contribution is 2.21. The second kappa shape index (κ2) is 5.34. The third kappa shape index (κ3) is 3.08.